The molecule has 36 heavy (non-hydrogen) atoms. The summed E-state index contributed by atoms with van der Waals surface area (Å²) < 4.78 is 6.12. The zero-order valence-corrected chi connectivity index (χ0v) is 20.9. The van der Waals surface area contributed by atoms with E-state index in [0.29, 0.717) is 0 Å². The van der Waals surface area contributed by atoms with Crippen LogP contribution in [0.4, 0.5) is 0 Å². The van der Waals surface area contributed by atoms with Gasteiger partial charge in [0.25, 0.3) is 0 Å². The third-order valence-electron chi connectivity index (χ3n) is 6.23. The van der Waals surface area contributed by atoms with E-state index in [4.69, 9.17) is 9.84 Å². The van der Waals surface area contributed by atoms with Crippen LogP contribution in [-0.2, 0) is 4.79 Å². The fraction of sp³-hybridized carbons (Fsp3) is 0.121. The summed E-state index contributed by atoms with van der Waals surface area (Å²) in [6.45, 7) is 6.43. The third kappa shape index (κ3) is 6.00. The fourth-order valence-electron chi connectivity index (χ4n) is 4.24. The zero-order valence-electron chi connectivity index (χ0n) is 20.9. The van der Waals surface area contributed by atoms with Gasteiger partial charge in [-0.1, -0.05) is 79.7 Å². The molecule has 4 aromatic carbocycles. The molecule has 180 valence electrons. The first kappa shape index (κ1) is 24.7. The molecular weight excluding hydrogens is 444 g/mol. The van der Waals surface area contributed by atoms with Gasteiger partial charge in [-0.05, 0) is 95.1 Å². The van der Waals surface area contributed by atoms with Gasteiger partial charge in [-0.25, -0.2) is 4.79 Å². The molecule has 0 fully saturated rings. The predicted octanol–water partition coefficient (Wildman–Crippen LogP) is 8.56. The molecule has 0 radical (unpaired) electrons. The Morgan fingerprint density at radius 1 is 0.750 bits per heavy atom. The first-order chi connectivity index (χ1) is 17.4. The lowest BCUT2D eigenvalue weighted by atomic mass is 9.87. The highest BCUT2D eigenvalue weighted by atomic mass is 16.5. The third-order valence-corrected chi connectivity index (χ3v) is 6.23. The lowest BCUT2D eigenvalue weighted by Crippen LogP contribution is -1.97. The second-order valence-corrected chi connectivity index (χ2v) is 8.74. The van der Waals surface area contributed by atoms with E-state index < -0.39 is 5.97 Å². The molecule has 0 aromatic heterocycles. The lowest BCUT2D eigenvalue weighted by molar-refractivity contribution is -0.131. The molecule has 1 N–H and O–H groups in total. The summed E-state index contributed by atoms with van der Waals surface area (Å²) in [6, 6.07) is 32.6. The minimum absolute atomic E-state index is 0.790. The highest BCUT2D eigenvalue weighted by molar-refractivity contribution is 5.99. The normalized spacial score (nSPS) is 11.9. The Labute approximate surface area is 213 Å². The molecule has 0 unspecified atom stereocenters. The number of carboxylic acids is 1. The van der Waals surface area contributed by atoms with Gasteiger partial charge in [0.15, 0.2) is 0 Å². The number of aliphatic carboxylic acids is 1. The molecule has 0 atom stereocenters. The van der Waals surface area contributed by atoms with Crippen LogP contribution in [0.25, 0.3) is 17.2 Å². The number of hydrogen-bond donors (Lipinski definition) is 1. The highest BCUT2D eigenvalue weighted by Gasteiger charge is 2.15. The topological polar surface area (TPSA) is 46.5 Å². The minimum Gasteiger partial charge on any atom is -0.478 e. The second kappa shape index (κ2) is 11.4. The van der Waals surface area contributed by atoms with Crippen LogP contribution in [0.1, 0.15) is 46.7 Å². The summed E-state index contributed by atoms with van der Waals surface area (Å²) in [5.41, 5.74) is 9.05. The summed E-state index contributed by atoms with van der Waals surface area (Å²) in [5.74, 6) is 0.634. The van der Waals surface area contributed by atoms with Crippen molar-refractivity contribution in [2.24, 2.45) is 0 Å². The molecule has 3 heteroatoms. The number of carbonyl (C=O) groups is 1. The summed E-state index contributed by atoms with van der Waals surface area (Å²) in [5, 5.41) is 8.96. The van der Waals surface area contributed by atoms with Crippen molar-refractivity contribution in [1.29, 1.82) is 0 Å². The Morgan fingerprint density at radius 2 is 1.44 bits per heavy atom. The molecule has 0 aliphatic heterocycles. The number of aryl methyl sites for hydroxylation is 2. The van der Waals surface area contributed by atoms with Crippen LogP contribution >= 0.6 is 0 Å². The van der Waals surface area contributed by atoms with E-state index in [-0.39, 0.29) is 0 Å². The van der Waals surface area contributed by atoms with E-state index in [2.05, 4.69) is 63.2 Å². The van der Waals surface area contributed by atoms with Gasteiger partial charge in [-0.3, -0.25) is 0 Å². The fourth-order valence-corrected chi connectivity index (χ4v) is 4.24. The number of benzene rings is 4. The maximum absolute atomic E-state index is 10.9. The van der Waals surface area contributed by atoms with Crippen LogP contribution in [-0.4, -0.2) is 11.1 Å². The summed E-state index contributed by atoms with van der Waals surface area (Å²) in [4.78, 5) is 10.9. The van der Waals surface area contributed by atoms with E-state index in [9.17, 15) is 4.79 Å². The second-order valence-electron chi connectivity index (χ2n) is 8.74. The van der Waals surface area contributed by atoms with Crippen molar-refractivity contribution in [1.82, 2.24) is 0 Å². The van der Waals surface area contributed by atoms with Gasteiger partial charge in [0, 0.05) is 6.08 Å². The molecule has 0 amide bonds. The smallest absolute Gasteiger partial charge is 0.328 e. The Morgan fingerprint density at radius 3 is 2.11 bits per heavy atom. The van der Waals surface area contributed by atoms with Gasteiger partial charge < -0.3 is 9.84 Å². The first-order valence-electron chi connectivity index (χ1n) is 12.1. The van der Waals surface area contributed by atoms with Crippen LogP contribution in [0.3, 0.4) is 0 Å². The van der Waals surface area contributed by atoms with Crippen molar-refractivity contribution >= 4 is 23.2 Å². The van der Waals surface area contributed by atoms with Gasteiger partial charge in [0.1, 0.15) is 11.5 Å². The van der Waals surface area contributed by atoms with Gasteiger partial charge in [-0.15, -0.1) is 0 Å². The van der Waals surface area contributed by atoms with Crippen LogP contribution in [0.15, 0.2) is 103 Å². The SMILES string of the molecule is CCC(=C(c1ccc(C=CC(=O)O)cc1)c1ccc(C)c(C)c1)c1cccc(Oc2ccccc2)c1. The van der Waals surface area contributed by atoms with Crippen molar-refractivity contribution in [3.8, 4) is 11.5 Å². The summed E-state index contributed by atoms with van der Waals surface area (Å²) in [6.07, 6.45) is 3.60. The Bertz CT molecular complexity index is 1410. The van der Waals surface area contributed by atoms with Crippen LogP contribution in [0.2, 0.25) is 0 Å². The maximum atomic E-state index is 10.9. The Balaban J connectivity index is 1.84. The zero-order chi connectivity index (χ0) is 25.5. The van der Waals surface area contributed by atoms with Crippen molar-refractivity contribution in [3.63, 3.8) is 0 Å². The largest absolute Gasteiger partial charge is 0.478 e. The van der Waals surface area contributed by atoms with Gasteiger partial charge in [-0.2, -0.15) is 0 Å². The van der Waals surface area contributed by atoms with E-state index in [1.54, 1.807) is 6.08 Å². The molecule has 0 spiro atoms. The molecule has 0 aliphatic carbocycles. The first-order valence-corrected chi connectivity index (χ1v) is 12.1. The lowest BCUT2D eigenvalue weighted by Gasteiger charge is -2.18. The molecule has 0 bridgehead atoms. The molecule has 0 heterocycles. The molecular formula is C33H30O3. The molecule has 3 nitrogen and oxygen atoms in total. The minimum atomic E-state index is -0.958. The molecule has 4 rings (SSSR count). The van der Waals surface area contributed by atoms with Gasteiger partial charge in [0.05, 0.1) is 0 Å². The van der Waals surface area contributed by atoms with Crippen molar-refractivity contribution in [2.45, 2.75) is 27.2 Å². The van der Waals surface area contributed by atoms with Gasteiger partial charge in [0.2, 0.25) is 0 Å². The van der Waals surface area contributed by atoms with E-state index >= 15 is 0 Å². The average Bonchev–Trinajstić information content (AvgIpc) is 2.89. The number of rotatable bonds is 8. The Hall–Kier alpha value is -4.37. The monoisotopic (exact) mass is 474 g/mol. The average molecular weight is 475 g/mol. The molecule has 0 saturated carbocycles. The van der Waals surface area contributed by atoms with E-state index in [1.807, 2.05) is 54.6 Å². The predicted molar refractivity (Wildman–Crippen MR) is 148 cm³/mol. The van der Waals surface area contributed by atoms with Crippen molar-refractivity contribution in [2.75, 3.05) is 0 Å². The number of para-hydroxylation sites is 1. The summed E-state index contributed by atoms with van der Waals surface area (Å²) in [7, 11) is 0. The van der Waals surface area contributed by atoms with Gasteiger partial charge >= 0.3 is 5.97 Å². The molecule has 0 aliphatic rings. The van der Waals surface area contributed by atoms with Crippen LogP contribution < -0.4 is 4.74 Å². The van der Waals surface area contributed by atoms with Crippen LogP contribution in [0.5, 0.6) is 11.5 Å². The number of carboxylic acid groups (broad SMARTS) is 1. The van der Waals surface area contributed by atoms with E-state index in [1.165, 1.54) is 16.7 Å². The number of ether oxygens (including phenoxy) is 1. The maximum Gasteiger partial charge on any atom is 0.328 e. The number of allylic oxidation sites excluding steroid dienone is 1. The quantitative estimate of drug-likeness (QED) is 0.205. The Kier molecular flexibility index (Phi) is 7.82. The number of hydrogen-bond acceptors (Lipinski definition) is 2. The van der Waals surface area contributed by atoms with Crippen molar-refractivity contribution in [3.05, 3.63) is 137 Å². The molecule has 0 saturated heterocycles. The molecule has 4 aromatic rings. The van der Waals surface area contributed by atoms with Crippen LogP contribution in [0, 0.1) is 13.8 Å². The highest BCUT2D eigenvalue weighted by Crippen LogP contribution is 2.36. The standard InChI is InChI=1S/C33H30O3/c1-4-31(27-9-8-12-30(22-27)36-29-10-6-5-7-11-29)33(28-17-13-23(2)24(3)21-28)26-18-14-25(15-19-26)16-20-32(34)35/h5-22H,4H2,1-3H3,(H,34,35). The van der Waals surface area contributed by atoms with Crippen molar-refractivity contribution < 1.29 is 14.6 Å². The van der Waals surface area contributed by atoms with E-state index in [0.717, 1.165) is 51.8 Å². The summed E-state index contributed by atoms with van der Waals surface area (Å²) >= 11 is 0.